The summed E-state index contributed by atoms with van der Waals surface area (Å²) in [4.78, 5) is 3.71. The fraction of sp³-hybridized carbons (Fsp3) is 0.0714. The van der Waals surface area contributed by atoms with Crippen LogP contribution >= 0.6 is 0 Å². The number of aromatic amines is 1. The van der Waals surface area contributed by atoms with Crippen molar-refractivity contribution in [3.8, 4) is 6.07 Å². The van der Waals surface area contributed by atoms with Crippen molar-refractivity contribution >= 4 is 26.7 Å². The Hall–Kier alpha value is -2.99. The molecular formula is C14H10FN5O2S. The predicted octanol–water partition coefficient (Wildman–Crippen LogP) is 2.08. The number of benzene rings is 1. The minimum Gasteiger partial charge on any atom is -0.279 e. The lowest BCUT2D eigenvalue weighted by atomic mass is 10.2. The summed E-state index contributed by atoms with van der Waals surface area (Å²) in [6.07, 6.45) is 1.38. The SMILES string of the molecule is Cc1[nH]nc(NS(=O)(=O)c2ccc(F)c3ncccc23)c1C#N. The van der Waals surface area contributed by atoms with Crippen molar-refractivity contribution in [1.29, 1.82) is 5.26 Å². The van der Waals surface area contributed by atoms with Crippen molar-refractivity contribution in [3.05, 3.63) is 47.5 Å². The van der Waals surface area contributed by atoms with E-state index in [-0.39, 0.29) is 27.2 Å². The van der Waals surface area contributed by atoms with Gasteiger partial charge in [0.05, 0.1) is 10.6 Å². The molecule has 0 atom stereocenters. The molecule has 0 bridgehead atoms. The maximum atomic E-state index is 13.8. The Morgan fingerprint density at radius 2 is 2.13 bits per heavy atom. The number of halogens is 1. The van der Waals surface area contributed by atoms with E-state index < -0.39 is 15.8 Å². The average Bonchev–Trinajstić information content (AvgIpc) is 2.86. The van der Waals surface area contributed by atoms with Crippen LogP contribution < -0.4 is 4.72 Å². The summed E-state index contributed by atoms with van der Waals surface area (Å²) < 4.78 is 41.2. The number of nitrogens with zero attached hydrogens (tertiary/aromatic N) is 3. The van der Waals surface area contributed by atoms with Crippen molar-refractivity contribution in [2.24, 2.45) is 0 Å². The third kappa shape index (κ3) is 2.49. The first-order valence-corrected chi connectivity index (χ1v) is 7.93. The van der Waals surface area contributed by atoms with Gasteiger partial charge in [-0.2, -0.15) is 10.4 Å². The quantitative estimate of drug-likeness (QED) is 0.763. The number of pyridine rings is 1. The normalized spacial score (nSPS) is 11.3. The number of hydrogen-bond acceptors (Lipinski definition) is 5. The van der Waals surface area contributed by atoms with Gasteiger partial charge in [0.25, 0.3) is 10.0 Å². The van der Waals surface area contributed by atoms with Crippen LogP contribution in [0.4, 0.5) is 10.2 Å². The summed E-state index contributed by atoms with van der Waals surface area (Å²) in [7, 11) is -4.07. The van der Waals surface area contributed by atoms with E-state index in [2.05, 4.69) is 19.9 Å². The molecule has 3 rings (SSSR count). The lowest BCUT2D eigenvalue weighted by Crippen LogP contribution is -2.15. The Kier molecular flexibility index (Phi) is 3.46. The number of nitrogens with one attached hydrogen (secondary N) is 2. The maximum Gasteiger partial charge on any atom is 0.263 e. The number of fused-ring (bicyclic) bond motifs is 1. The Balaban J connectivity index is 2.14. The van der Waals surface area contributed by atoms with Gasteiger partial charge in [-0.3, -0.25) is 14.8 Å². The molecule has 7 nitrogen and oxygen atoms in total. The molecule has 0 radical (unpaired) electrons. The highest BCUT2D eigenvalue weighted by Crippen LogP contribution is 2.26. The highest BCUT2D eigenvalue weighted by Gasteiger charge is 2.22. The van der Waals surface area contributed by atoms with Gasteiger partial charge in [0.1, 0.15) is 23.0 Å². The molecular weight excluding hydrogens is 321 g/mol. The second-order valence-electron chi connectivity index (χ2n) is 4.73. The first-order valence-electron chi connectivity index (χ1n) is 6.45. The molecule has 0 saturated carbocycles. The number of aromatic nitrogens is 3. The van der Waals surface area contributed by atoms with Crippen LogP contribution in [0, 0.1) is 24.1 Å². The molecule has 3 aromatic rings. The topological polar surface area (TPSA) is 112 Å². The second-order valence-corrected chi connectivity index (χ2v) is 6.39. The van der Waals surface area contributed by atoms with Crippen LogP contribution in [0.25, 0.3) is 10.9 Å². The number of nitriles is 1. The van der Waals surface area contributed by atoms with E-state index >= 15 is 0 Å². The Morgan fingerprint density at radius 3 is 2.87 bits per heavy atom. The van der Waals surface area contributed by atoms with E-state index in [0.29, 0.717) is 5.69 Å². The van der Waals surface area contributed by atoms with Crippen molar-refractivity contribution < 1.29 is 12.8 Å². The van der Waals surface area contributed by atoms with E-state index in [1.807, 2.05) is 6.07 Å². The average molecular weight is 331 g/mol. The first-order chi connectivity index (χ1) is 10.9. The smallest absolute Gasteiger partial charge is 0.263 e. The van der Waals surface area contributed by atoms with E-state index in [1.165, 1.54) is 18.3 Å². The van der Waals surface area contributed by atoms with Crippen LogP contribution in [-0.2, 0) is 10.0 Å². The fourth-order valence-corrected chi connectivity index (χ4v) is 3.38. The zero-order valence-electron chi connectivity index (χ0n) is 11.8. The highest BCUT2D eigenvalue weighted by molar-refractivity contribution is 7.93. The van der Waals surface area contributed by atoms with Gasteiger partial charge in [0.2, 0.25) is 0 Å². The number of anilines is 1. The van der Waals surface area contributed by atoms with Crippen molar-refractivity contribution in [2.75, 3.05) is 4.72 Å². The van der Waals surface area contributed by atoms with Crippen molar-refractivity contribution in [2.45, 2.75) is 11.8 Å². The molecule has 116 valence electrons. The van der Waals surface area contributed by atoms with Gasteiger partial charge in [0, 0.05) is 11.6 Å². The summed E-state index contributed by atoms with van der Waals surface area (Å²) in [5.41, 5.74) is 0.489. The largest absolute Gasteiger partial charge is 0.279 e. The number of aryl methyl sites for hydroxylation is 1. The number of rotatable bonds is 3. The van der Waals surface area contributed by atoms with Gasteiger partial charge in [-0.15, -0.1) is 0 Å². The van der Waals surface area contributed by atoms with Gasteiger partial charge in [-0.05, 0) is 31.2 Å². The third-order valence-corrected chi connectivity index (χ3v) is 4.66. The second kappa shape index (κ2) is 5.33. The molecule has 1 aromatic carbocycles. The predicted molar refractivity (Wildman–Crippen MR) is 80.5 cm³/mol. The molecule has 0 aliphatic carbocycles. The van der Waals surface area contributed by atoms with E-state index in [4.69, 9.17) is 5.26 Å². The van der Waals surface area contributed by atoms with Gasteiger partial charge >= 0.3 is 0 Å². The standard InChI is InChI=1S/C14H10FN5O2S/c1-8-10(7-16)14(19-18-8)20-23(21,22)12-5-4-11(15)13-9(12)3-2-6-17-13/h2-6H,1H3,(H2,18,19,20). The number of hydrogen-bond donors (Lipinski definition) is 2. The fourth-order valence-electron chi connectivity index (χ4n) is 2.17. The van der Waals surface area contributed by atoms with Crippen LogP contribution in [0.15, 0.2) is 35.4 Å². The van der Waals surface area contributed by atoms with E-state index in [9.17, 15) is 12.8 Å². The summed E-state index contributed by atoms with van der Waals surface area (Å²) in [6, 6.07) is 7.02. The molecule has 0 spiro atoms. The van der Waals surface area contributed by atoms with E-state index in [1.54, 1.807) is 6.92 Å². The lowest BCUT2D eigenvalue weighted by molar-refractivity contribution is 0.601. The molecule has 0 amide bonds. The summed E-state index contributed by atoms with van der Waals surface area (Å²) in [6.45, 7) is 1.60. The van der Waals surface area contributed by atoms with Gasteiger partial charge in [-0.25, -0.2) is 12.8 Å². The molecule has 0 aliphatic rings. The van der Waals surface area contributed by atoms with Crippen LogP contribution in [0.3, 0.4) is 0 Å². The molecule has 9 heteroatoms. The zero-order valence-corrected chi connectivity index (χ0v) is 12.6. The van der Waals surface area contributed by atoms with E-state index in [0.717, 1.165) is 12.1 Å². The van der Waals surface area contributed by atoms with Crippen molar-refractivity contribution in [1.82, 2.24) is 15.2 Å². The Labute approximate surface area is 130 Å². The molecule has 0 fully saturated rings. The first kappa shape index (κ1) is 14.9. The summed E-state index contributed by atoms with van der Waals surface area (Å²) >= 11 is 0. The minimum atomic E-state index is -4.07. The molecule has 2 N–H and O–H groups in total. The third-order valence-electron chi connectivity index (χ3n) is 3.26. The monoisotopic (exact) mass is 331 g/mol. The molecule has 2 aromatic heterocycles. The van der Waals surface area contributed by atoms with Gasteiger partial charge in [0.15, 0.2) is 5.82 Å². The zero-order chi connectivity index (χ0) is 16.6. The van der Waals surface area contributed by atoms with Crippen LogP contribution in [0.5, 0.6) is 0 Å². The molecule has 0 saturated heterocycles. The molecule has 23 heavy (non-hydrogen) atoms. The molecule has 2 heterocycles. The minimum absolute atomic E-state index is 0.0471. The summed E-state index contributed by atoms with van der Waals surface area (Å²) in [5, 5.41) is 15.5. The number of sulfonamides is 1. The molecule has 0 aliphatic heterocycles. The highest BCUT2D eigenvalue weighted by atomic mass is 32.2. The Bertz CT molecular complexity index is 1050. The van der Waals surface area contributed by atoms with Crippen LogP contribution in [-0.4, -0.2) is 23.6 Å². The molecule has 0 unspecified atom stereocenters. The maximum absolute atomic E-state index is 13.8. The lowest BCUT2D eigenvalue weighted by Gasteiger charge is -2.09. The van der Waals surface area contributed by atoms with Crippen LogP contribution in [0.2, 0.25) is 0 Å². The van der Waals surface area contributed by atoms with Gasteiger partial charge < -0.3 is 0 Å². The van der Waals surface area contributed by atoms with Crippen LogP contribution in [0.1, 0.15) is 11.3 Å². The summed E-state index contributed by atoms with van der Waals surface area (Å²) in [5.74, 6) is -0.723. The van der Waals surface area contributed by atoms with Gasteiger partial charge in [-0.1, -0.05) is 0 Å². The van der Waals surface area contributed by atoms with Crippen molar-refractivity contribution in [3.63, 3.8) is 0 Å². The number of H-pyrrole nitrogens is 1. The Morgan fingerprint density at radius 1 is 1.35 bits per heavy atom.